The molecule has 0 radical (unpaired) electrons. The Kier molecular flexibility index (Phi) is 5.47. The van der Waals surface area contributed by atoms with E-state index in [-0.39, 0.29) is 6.61 Å². The molecule has 1 N–H and O–H groups in total. The number of aliphatic hydroxyl groups excluding tert-OH is 1. The van der Waals surface area contributed by atoms with Crippen LogP contribution in [0.5, 0.6) is 0 Å². The summed E-state index contributed by atoms with van der Waals surface area (Å²) in [7, 11) is 0. The summed E-state index contributed by atoms with van der Waals surface area (Å²) in [6, 6.07) is 6.48. The van der Waals surface area contributed by atoms with Crippen molar-refractivity contribution in [3.8, 4) is 0 Å². The van der Waals surface area contributed by atoms with Gasteiger partial charge in [-0.1, -0.05) is 35.8 Å². The van der Waals surface area contributed by atoms with Gasteiger partial charge < -0.3 is 10.0 Å². The lowest BCUT2D eigenvalue weighted by Gasteiger charge is -2.32. The van der Waals surface area contributed by atoms with E-state index < -0.39 is 0 Å². The predicted molar refractivity (Wildman–Crippen MR) is 77.4 cm³/mol. The first kappa shape index (κ1) is 14.5. The molecule has 0 aromatic heterocycles. The second kappa shape index (κ2) is 6.41. The van der Waals surface area contributed by atoms with Crippen molar-refractivity contribution < 1.29 is 5.11 Å². The van der Waals surface area contributed by atoms with E-state index in [9.17, 15) is 5.11 Å². The second-order valence-electron chi connectivity index (χ2n) is 5.07. The third-order valence-electron chi connectivity index (χ3n) is 2.71. The molecule has 1 rings (SSSR count). The average molecular weight is 300 g/mol. The van der Waals surface area contributed by atoms with Gasteiger partial charge in [-0.3, -0.25) is 0 Å². The van der Waals surface area contributed by atoms with Crippen molar-refractivity contribution >= 4 is 21.6 Å². The molecule has 0 amide bonds. The lowest BCUT2D eigenvalue weighted by molar-refractivity contribution is 0.281. The van der Waals surface area contributed by atoms with Crippen LogP contribution in [0.1, 0.15) is 33.3 Å². The molecule has 0 atom stereocenters. The smallest absolute Gasteiger partial charge is 0.0702 e. The third-order valence-corrected chi connectivity index (χ3v) is 3.21. The summed E-state index contributed by atoms with van der Waals surface area (Å²) in [5, 5.41) is 9.43. The fourth-order valence-electron chi connectivity index (χ4n) is 1.92. The van der Waals surface area contributed by atoms with Gasteiger partial charge in [-0.2, -0.15) is 0 Å². The maximum atomic E-state index is 9.43. The highest BCUT2D eigenvalue weighted by molar-refractivity contribution is 9.10. The van der Waals surface area contributed by atoms with Crippen LogP contribution in [0.2, 0.25) is 0 Å². The largest absolute Gasteiger partial charge is 0.392 e. The molecular weight excluding hydrogens is 278 g/mol. The van der Waals surface area contributed by atoms with E-state index >= 15 is 0 Å². The quantitative estimate of drug-likeness (QED) is 0.894. The number of hydrogen-bond donors (Lipinski definition) is 1. The molecule has 0 aliphatic carbocycles. The lowest BCUT2D eigenvalue weighted by Crippen LogP contribution is -2.34. The Morgan fingerprint density at radius 1 is 1.24 bits per heavy atom. The molecule has 0 saturated carbocycles. The molecule has 0 spiro atoms. The number of halogens is 1. The number of benzene rings is 1. The number of aliphatic hydroxyl groups is 1. The Labute approximate surface area is 113 Å². The van der Waals surface area contributed by atoms with E-state index in [2.05, 4.69) is 54.6 Å². The van der Waals surface area contributed by atoms with Gasteiger partial charge in [-0.05, 0) is 31.9 Å². The summed E-state index contributed by atoms with van der Waals surface area (Å²) in [5.41, 5.74) is 2.12. The van der Waals surface area contributed by atoms with Crippen molar-refractivity contribution in [2.45, 2.75) is 40.3 Å². The third kappa shape index (κ3) is 4.00. The minimum absolute atomic E-state index is 0.0872. The Bertz CT molecular complexity index is 363. The van der Waals surface area contributed by atoms with Crippen molar-refractivity contribution in [1.82, 2.24) is 0 Å². The van der Waals surface area contributed by atoms with Crippen LogP contribution < -0.4 is 4.90 Å². The van der Waals surface area contributed by atoms with Crippen LogP contribution >= 0.6 is 15.9 Å². The van der Waals surface area contributed by atoms with Crippen molar-refractivity contribution in [3.63, 3.8) is 0 Å². The highest BCUT2D eigenvalue weighted by atomic mass is 79.9. The van der Waals surface area contributed by atoms with E-state index in [0.717, 1.165) is 22.3 Å². The minimum atomic E-state index is 0.0872. The minimum Gasteiger partial charge on any atom is -0.392 e. The maximum absolute atomic E-state index is 9.43. The van der Waals surface area contributed by atoms with Crippen LogP contribution in [-0.2, 0) is 6.61 Å². The number of hydrogen-bond acceptors (Lipinski definition) is 2. The van der Waals surface area contributed by atoms with Crippen LogP contribution in [0.3, 0.4) is 0 Å². The van der Waals surface area contributed by atoms with Gasteiger partial charge in [-0.15, -0.1) is 0 Å². The molecule has 0 heterocycles. The lowest BCUT2D eigenvalue weighted by atomic mass is 10.1. The molecule has 0 aliphatic heterocycles. The molecule has 2 nitrogen and oxygen atoms in total. The van der Waals surface area contributed by atoms with Crippen molar-refractivity contribution in [2.75, 3.05) is 11.4 Å². The van der Waals surface area contributed by atoms with Crippen molar-refractivity contribution in [2.24, 2.45) is 5.92 Å². The summed E-state index contributed by atoms with van der Waals surface area (Å²) in [6.45, 7) is 9.89. The molecule has 17 heavy (non-hydrogen) atoms. The summed E-state index contributed by atoms with van der Waals surface area (Å²) in [5.74, 6) is 0.600. The van der Waals surface area contributed by atoms with E-state index in [4.69, 9.17) is 0 Å². The topological polar surface area (TPSA) is 23.5 Å². The Hall–Kier alpha value is -0.540. The van der Waals surface area contributed by atoms with Gasteiger partial charge in [0.25, 0.3) is 0 Å². The van der Waals surface area contributed by atoms with Crippen LogP contribution in [0, 0.1) is 5.92 Å². The van der Waals surface area contributed by atoms with Crippen molar-refractivity contribution in [1.29, 1.82) is 0 Å². The van der Waals surface area contributed by atoms with Crippen LogP contribution in [0.4, 0.5) is 5.69 Å². The zero-order valence-electron chi connectivity index (χ0n) is 11.1. The molecule has 0 fully saturated rings. The monoisotopic (exact) mass is 299 g/mol. The first-order chi connectivity index (χ1) is 7.95. The predicted octanol–water partition coefficient (Wildman–Crippen LogP) is 3.81. The first-order valence-electron chi connectivity index (χ1n) is 6.11. The van der Waals surface area contributed by atoms with E-state index in [1.807, 2.05) is 12.1 Å². The molecule has 0 saturated heterocycles. The van der Waals surface area contributed by atoms with Gasteiger partial charge in [0.05, 0.1) is 6.61 Å². The zero-order valence-corrected chi connectivity index (χ0v) is 12.7. The van der Waals surface area contributed by atoms with Crippen LogP contribution in [0.25, 0.3) is 0 Å². The fourth-order valence-corrected chi connectivity index (χ4v) is 2.27. The summed E-state index contributed by atoms with van der Waals surface area (Å²) in [6.07, 6.45) is 0. The second-order valence-corrected chi connectivity index (χ2v) is 5.99. The molecule has 1 aromatic carbocycles. The standard InChI is InChI=1S/C14H22BrNO/c1-10(2)8-16(11(3)4)14-7-13(15)6-5-12(14)9-17/h5-7,10-11,17H,8-9H2,1-4H3. The summed E-state index contributed by atoms with van der Waals surface area (Å²) < 4.78 is 1.05. The number of nitrogens with zero attached hydrogens (tertiary/aromatic N) is 1. The molecule has 0 unspecified atom stereocenters. The highest BCUT2D eigenvalue weighted by Gasteiger charge is 2.15. The summed E-state index contributed by atoms with van der Waals surface area (Å²) >= 11 is 3.50. The van der Waals surface area contributed by atoms with Crippen LogP contribution in [-0.4, -0.2) is 17.7 Å². The maximum Gasteiger partial charge on any atom is 0.0702 e. The molecule has 96 valence electrons. The Balaban J connectivity index is 3.11. The number of anilines is 1. The fraction of sp³-hybridized carbons (Fsp3) is 0.571. The molecule has 1 aromatic rings. The van der Waals surface area contributed by atoms with Gasteiger partial charge in [0.15, 0.2) is 0 Å². The first-order valence-corrected chi connectivity index (χ1v) is 6.91. The highest BCUT2D eigenvalue weighted by Crippen LogP contribution is 2.27. The van der Waals surface area contributed by atoms with Crippen molar-refractivity contribution in [3.05, 3.63) is 28.2 Å². The van der Waals surface area contributed by atoms with E-state index in [1.165, 1.54) is 0 Å². The number of rotatable bonds is 5. The molecule has 3 heteroatoms. The van der Waals surface area contributed by atoms with Gasteiger partial charge in [0.1, 0.15) is 0 Å². The Morgan fingerprint density at radius 2 is 1.88 bits per heavy atom. The van der Waals surface area contributed by atoms with E-state index in [0.29, 0.717) is 12.0 Å². The van der Waals surface area contributed by atoms with Gasteiger partial charge in [-0.25, -0.2) is 0 Å². The Morgan fingerprint density at radius 3 is 2.35 bits per heavy atom. The summed E-state index contributed by atoms with van der Waals surface area (Å²) in [4.78, 5) is 2.35. The van der Waals surface area contributed by atoms with Gasteiger partial charge in [0.2, 0.25) is 0 Å². The zero-order chi connectivity index (χ0) is 13.0. The molecule has 0 bridgehead atoms. The van der Waals surface area contributed by atoms with E-state index in [1.54, 1.807) is 0 Å². The molecule has 0 aliphatic rings. The normalized spacial score (nSPS) is 11.3. The van der Waals surface area contributed by atoms with Crippen LogP contribution in [0.15, 0.2) is 22.7 Å². The van der Waals surface area contributed by atoms with Gasteiger partial charge >= 0.3 is 0 Å². The average Bonchev–Trinajstić information content (AvgIpc) is 2.25. The molecular formula is C14H22BrNO. The SMILES string of the molecule is CC(C)CN(c1cc(Br)ccc1CO)C(C)C. The van der Waals surface area contributed by atoms with Gasteiger partial charge in [0, 0.05) is 28.3 Å².